The quantitative estimate of drug-likeness (QED) is 0.667. The van der Waals surface area contributed by atoms with Crippen LogP contribution in [0.25, 0.3) is 6.08 Å². The standard InChI is InChI=1S/C14H18/c1-2-12-7-9-14(10-8-12)11-13-5-3-4-6-13/h2,7-10,13H,1,3-6,11H2. The molecule has 0 N–H and O–H groups in total. The third kappa shape index (κ3) is 2.25. The van der Waals surface area contributed by atoms with E-state index in [1.807, 2.05) is 6.08 Å². The maximum Gasteiger partial charge on any atom is -0.0250 e. The second kappa shape index (κ2) is 4.45. The summed E-state index contributed by atoms with van der Waals surface area (Å²) in [4.78, 5) is 0. The molecule has 1 aliphatic rings. The van der Waals surface area contributed by atoms with Crippen LogP contribution in [0.15, 0.2) is 30.8 Å². The molecule has 14 heavy (non-hydrogen) atoms. The maximum atomic E-state index is 3.76. The molecule has 2 rings (SSSR count). The molecule has 0 atom stereocenters. The van der Waals surface area contributed by atoms with Crippen molar-refractivity contribution in [3.05, 3.63) is 42.0 Å². The minimum Gasteiger partial charge on any atom is -0.0985 e. The monoisotopic (exact) mass is 186 g/mol. The van der Waals surface area contributed by atoms with E-state index in [2.05, 4.69) is 30.8 Å². The Morgan fingerprint density at radius 2 is 1.79 bits per heavy atom. The summed E-state index contributed by atoms with van der Waals surface area (Å²) in [6.07, 6.45) is 8.92. The topological polar surface area (TPSA) is 0 Å². The minimum absolute atomic E-state index is 0.949. The normalized spacial score (nSPS) is 17.1. The molecule has 0 amide bonds. The van der Waals surface area contributed by atoms with Crippen LogP contribution >= 0.6 is 0 Å². The summed E-state index contributed by atoms with van der Waals surface area (Å²) in [7, 11) is 0. The molecule has 0 aliphatic heterocycles. The van der Waals surface area contributed by atoms with E-state index in [4.69, 9.17) is 0 Å². The van der Waals surface area contributed by atoms with Crippen molar-refractivity contribution in [1.82, 2.24) is 0 Å². The van der Waals surface area contributed by atoms with Crippen molar-refractivity contribution in [2.24, 2.45) is 5.92 Å². The van der Waals surface area contributed by atoms with E-state index in [1.165, 1.54) is 43.2 Å². The first-order valence-electron chi connectivity index (χ1n) is 5.60. The molecule has 0 bridgehead atoms. The SMILES string of the molecule is C=Cc1ccc(CC2CCCC2)cc1. The molecular weight excluding hydrogens is 168 g/mol. The maximum absolute atomic E-state index is 3.76. The summed E-state index contributed by atoms with van der Waals surface area (Å²) < 4.78 is 0. The molecule has 0 aromatic heterocycles. The number of hydrogen-bond donors (Lipinski definition) is 0. The highest BCUT2D eigenvalue weighted by molar-refractivity contribution is 5.47. The van der Waals surface area contributed by atoms with Gasteiger partial charge in [0.25, 0.3) is 0 Å². The highest BCUT2D eigenvalue weighted by Crippen LogP contribution is 2.27. The van der Waals surface area contributed by atoms with Crippen molar-refractivity contribution in [3.63, 3.8) is 0 Å². The van der Waals surface area contributed by atoms with Gasteiger partial charge >= 0.3 is 0 Å². The fourth-order valence-corrected chi connectivity index (χ4v) is 2.34. The smallest absolute Gasteiger partial charge is 0.0250 e. The number of benzene rings is 1. The van der Waals surface area contributed by atoms with Crippen molar-refractivity contribution in [1.29, 1.82) is 0 Å². The summed E-state index contributed by atoms with van der Waals surface area (Å²) in [5.41, 5.74) is 2.71. The third-order valence-electron chi connectivity index (χ3n) is 3.21. The summed E-state index contributed by atoms with van der Waals surface area (Å²) in [6.45, 7) is 3.76. The van der Waals surface area contributed by atoms with Crippen LogP contribution in [0.5, 0.6) is 0 Å². The van der Waals surface area contributed by atoms with Gasteiger partial charge in [-0.15, -0.1) is 0 Å². The van der Waals surface area contributed by atoms with Gasteiger partial charge in [-0.3, -0.25) is 0 Å². The van der Waals surface area contributed by atoms with Crippen LogP contribution < -0.4 is 0 Å². The van der Waals surface area contributed by atoms with Crippen LogP contribution in [-0.2, 0) is 6.42 Å². The Morgan fingerprint density at radius 3 is 2.36 bits per heavy atom. The van der Waals surface area contributed by atoms with E-state index in [9.17, 15) is 0 Å². The van der Waals surface area contributed by atoms with Gasteiger partial charge in [-0.05, 0) is 23.5 Å². The molecule has 0 radical (unpaired) electrons. The van der Waals surface area contributed by atoms with Crippen molar-refractivity contribution in [2.45, 2.75) is 32.1 Å². The zero-order chi connectivity index (χ0) is 9.80. The molecule has 1 aromatic carbocycles. The Bertz CT molecular complexity index is 288. The average Bonchev–Trinajstić information content (AvgIpc) is 2.72. The van der Waals surface area contributed by atoms with Crippen molar-refractivity contribution in [3.8, 4) is 0 Å². The summed E-state index contributed by atoms with van der Waals surface area (Å²) in [5, 5.41) is 0. The van der Waals surface area contributed by atoms with Gasteiger partial charge in [0, 0.05) is 0 Å². The Hall–Kier alpha value is -1.04. The van der Waals surface area contributed by atoms with E-state index in [1.54, 1.807) is 0 Å². The van der Waals surface area contributed by atoms with Crippen LogP contribution in [0.1, 0.15) is 36.8 Å². The van der Waals surface area contributed by atoms with E-state index in [-0.39, 0.29) is 0 Å². The predicted octanol–water partition coefficient (Wildman–Crippen LogP) is 4.06. The Labute approximate surface area is 86.7 Å². The highest BCUT2D eigenvalue weighted by atomic mass is 14.2. The fourth-order valence-electron chi connectivity index (χ4n) is 2.34. The minimum atomic E-state index is 0.949. The molecule has 1 aliphatic carbocycles. The number of hydrogen-bond acceptors (Lipinski definition) is 0. The molecule has 1 saturated carbocycles. The zero-order valence-electron chi connectivity index (χ0n) is 8.71. The lowest BCUT2D eigenvalue weighted by Gasteiger charge is -2.08. The first-order valence-corrected chi connectivity index (χ1v) is 5.60. The average molecular weight is 186 g/mol. The molecule has 0 heteroatoms. The van der Waals surface area contributed by atoms with E-state index >= 15 is 0 Å². The summed E-state index contributed by atoms with van der Waals surface area (Å²) in [5.74, 6) is 0.949. The van der Waals surface area contributed by atoms with E-state index in [0.29, 0.717) is 0 Å². The van der Waals surface area contributed by atoms with Gasteiger partial charge in [-0.2, -0.15) is 0 Å². The van der Waals surface area contributed by atoms with Gasteiger partial charge in [0.1, 0.15) is 0 Å². The second-order valence-electron chi connectivity index (χ2n) is 4.30. The van der Waals surface area contributed by atoms with Gasteiger partial charge < -0.3 is 0 Å². The van der Waals surface area contributed by atoms with Crippen LogP contribution in [0.4, 0.5) is 0 Å². The van der Waals surface area contributed by atoms with Crippen LogP contribution in [0, 0.1) is 5.92 Å². The van der Waals surface area contributed by atoms with Gasteiger partial charge in [0.2, 0.25) is 0 Å². The molecule has 0 heterocycles. The molecule has 0 unspecified atom stereocenters. The van der Waals surface area contributed by atoms with Crippen LogP contribution in [-0.4, -0.2) is 0 Å². The van der Waals surface area contributed by atoms with Crippen LogP contribution in [0.2, 0.25) is 0 Å². The largest absolute Gasteiger partial charge is 0.0985 e. The number of rotatable bonds is 3. The molecule has 0 saturated heterocycles. The Morgan fingerprint density at radius 1 is 1.14 bits per heavy atom. The lowest BCUT2D eigenvalue weighted by Crippen LogP contribution is -1.98. The first kappa shape index (κ1) is 9.51. The van der Waals surface area contributed by atoms with Gasteiger partial charge in [0.05, 0.1) is 0 Å². The highest BCUT2D eigenvalue weighted by Gasteiger charge is 2.14. The third-order valence-corrected chi connectivity index (χ3v) is 3.21. The summed E-state index contributed by atoms with van der Waals surface area (Å²) >= 11 is 0. The van der Waals surface area contributed by atoms with Crippen molar-refractivity contribution < 1.29 is 0 Å². The van der Waals surface area contributed by atoms with Gasteiger partial charge in [-0.1, -0.05) is 62.6 Å². The fraction of sp³-hybridized carbons (Fsp3) is 0.429. The molecule has 1 fully saturated rings. The Balaban J connectivity index is 1.98. The van der Waals surface area contributed by atoms with E-state index < -0.39 is 0 Å². The molecule has 0 nitrogen and oxygen atoms in total. The predicted molar refractivity (Wildman–Crippen MR) is 62.2 cm³/mol. The zero-order valence-corrected chi connectivity index (χ0v) is 8.71. The lowest BCUT2D eigenvalue weighted by atomic mass is 9.97. The molecule has 74 valence electrons. The first-order chi connectivity index (χ1) is 6.88. The molecular formula is C14H18. The summed E-state index contributed by atoms with van der Waals surface area (Å²) in [6, 6.07) is 8.82. The van der Waals surface area contributed by atoms with Crippen LogP contribution in [0.3, 0.4) is 0 Å². The van der Waals surface area contributed by atoms with Gasteiger partial charge in [0.15, 0.2) is 0 Å². The molecule has 0 spiro atoms. The van der Waals surface area contributed by atoms with Crippen molar-refractivity contribution in [2.75, 3.05) is 0 Å². The Kier molecular flexibility index (Phi) is 3.03. The molecule has 1 aromatic rings. The van der Waals surface area contributed by atoms with E-state index in [0.717, 1.165) is 5.92 Å². The van der Waals surface area contributed by atoms with Crippen molar-refractivity contribution >= 4 is 6.08 Å². The van der Waals surface area contributed by atoms with Gasteiger partial charge in [-0.25, -0.2) is 0 Å². The second-order valence-corrected chi connectivity index (χ2v) is 4.30. The lowest BCUT2D eigenvalue weighted by molar-refractivity contribution is 0.546.